The van der Waals surface area contributed by atoms with E-state index in [1.54, 1.807) is 6.08 Å². The summed E-state index contributed by atoms with van der Waals surface area (Å²) in [7, 11) is 0. The highest BCUT2D eigenvalue weighted by Gasteiger charge is 2.27. The standard InChI is InChI=1S/C31H39ClN4OS/c1-4-8-30-26(16-17-36(30)31(37)33-28-14-12-25(13-15-28)24(3)5-2)9-7-22-38-35-20-18-34(19-21-35)29-11-6-10-27(32)23-29/h4,6,8-15,23-24H,1,5,7,16-22H2,2-3H3,(H,33,37)/b26-9-,30-8+. The summed E-state index contributed by atoms with van der Waals surface area (Å²) in [6.45, 7) is 13.0. The average Bonchev–Trinajstić information content (AvgIpc) is 3.34. The second-order valence-corrected chi connectivity index (χ2v) is 11.4. The third-order valence-corrected chi connectivity index (χ3v) is 8.67. The SMILES string of the molecule is C=C/C=C1\C(=C/CCSN2CCN(c3cccc(Cl)c3)CC2)CCN1C(=O)Nc1ccc(C(C)CC)cc1. The second-order valence-electron chi connectivity index (χ2n) is 9.80. The lowest BCUT2D eigenvalue weighted by Crippen LogP contribution is -2.43. The van der Waals surface area contributed by atoms with Gasteiger partial charge in [-0.2, -0.15) is 0 Å². The van der Waals surface area contributed by atoms with E-state index in [1.165, 1.54) is 16.8 Å². The summed E-state index contributed by atoms with van der Waals surface area (Å²) in [5, 5.41) is 3.86. The van der Waals surface area contributed by atoms with Crippen LogP contribution < -0.4 is 10.2 Å². The Hall–Kier alpha value is -2.67. The van der Waals surface area contributed by atoms with Crippen LogP contribution in [-0.2, 0) is 0 Å². The molecule has 1 atom stereocenters. The van der Waals surface area contributed by atoms with Crippen LogP contribution in [0.3, 0.4) is 0 Å². The normalized spacial score (nSPS) is 19.2. The van der Waals surface area contributed by atoms with Crippen molar-refractivity contribution in [3.8, 4) is 0 Å². The van der Waals surface area contributed by atoms with Crippen LogP contribution in [0.1, 0.15) is 44.6 Å². The van der Waals surface area contributed by atoms with Gasteiger partial charge in [-0.1, -0.05) is 74.3 Å². The van der Waals surface area contributed by atoms with Crippen molar-refractivity contribution < 1.29 is 4.79 Å². The van der Waals surface area contributed by atoms with Gasteiger partial charge in [-0.05, 0) is 72.7 Å². The van der Waals surface area contributed by atoms with Gasteiger partial charge >= 0.3 is 6.03 Å². The van der Waals surface area contributed by atoms with Crippen molar-refractivity contribution in [2.24, 2.45) is 0 Å². The first kappa shape index (κ1) is 28.3. The van der Waals surface area contributed by atoms with E-state index in [-0.39, 0.29) is 6.03 Å². The largest absolute Gasteiger partial charge is 0.369 e. The highest BCUT2D eigenvalue weighted by Crippen LogP contribution is 2.30. The quantitative estimate of drug-likeness (QED) is 0.254. The van der Waals surface area contributed by atoms with Crippen LogP contribution in [0.2, 0.25) is 5.02 Å². The lowest BCUT2D eigenvalue weighted by Gasteiger charge is -2.35. The number of benzene rings is 2. The number of piperazine rings is 1. The van der Waals surface area contributed by atoms with Gasteiger partial charge in [0.15, 0.2) is 0 Å². The van der Waals surface area contributed by atoms with Gasteiger partial charge in [-0.15, -0.1) is 0 Å². The highest BCUT2D eigenvalue weighted by molar-refractivity contribution is 7.97. The van der Waals surface area contributed by atoms with Gasteiger partial charge in [0.2, 0.25) is 0 Å². The van der Waals surface area contributed by atoms with E-state index in [9.17, 15) is 4.79 Å². The fourth-order valence-corrected chi connectivity index (χ4v) is 5.95. The molecule has 2 heterocycles. The Morgan fingerprint density at radius 3 is 2.58 bits per heavy atom. The van der Waals surface area contributed by atoms with Gasteiger partial charge in [-0.25, -0.2) is 9.10 Å². The number of halogens is 1. The molecule has 7 heteroatoms. The topological polar surface area (TPSA) is 38.8 Å². The smallest absolute Gasteiger partial charge is 0.326 e. The van der Waals surface area contributed by atoms with Crippen molar-refractivity contribution in [2.45, 2.75) is 39.0 Å². The number of carbonyl (C=O) groups is 1. The molecule has 2 amide bonds. The summed E-state index contributed by atoms with van der Waals surface area (Å²) in [6.07, 6.45) is 8.94. The van der Waals surface area contributed by atoms with E-state index < -0.39 is 0 Å². The molecule has 0 aliphatic carbocycles. The van der Waals surface area contributed by atoms with E-state index in [2.05, 4.69) is 59.2 Å². The van der Waals surface area contributed by atoms with E-state index in [0.717, 1.165) is 67.6 Å². The molecule has 0 saturated carbocycles. The van der Waals surface area contributed by atoms with E-state index in [4.69, 9.17) is 11.6 Å². The van der Waals surface area contributed by atoms with Crippen LogP contribution >= 0.6 is 23.5 Å². The summed E-state index contributed by atoms with van der Waals surface area (Å²) in [5.74, 6) is 1.54. The van der Waals surface area contributed by atoms with Crippen molar-refractivity contribution in [3.05, 3.63) is 95.2 Å². The van der Waals surface area contributed by atoms with Crippen molar-refractivity contribution >= 4 is 41.0 Å². The molecule has 2 aliphatic rings. The zero-order chi connectivity index (χ0) is 26.9. The molecule has 4 rings (SSSR count). The number of likely N-dealkylation sites (tertiary alicyclic amines) is 1. The van der Waals surface area contributed by atoms with Crippen molar-refractivity contribution in [3.63, 3.8) is 0 Å². The maximum absolute atomic E-state index is 13.1. The molecular weight excluding hydrogens is 512 g/mol. The Morgan fingerprint density at radius 2 is 1.89 bits per heavy atom. The first-order valence-corrected chi connectivity index (χ1v) is 14.9. The maximum Gasteiger partial charge on any atom is 0.326 e. The minimum absolute atomic E-state index is 0.0928. The van der Waals surface area contributed by atoms with Gasteiger partial charge in [0, 0.05) is 60.6 Å². The van der Waals surface area contributed by atoms with Crippen LogP contribution in [0.25, 0.3) is 0 Å². The summed E-state index contributed by atoms with van der Waals surface area (Å²) in [5.41, 5.74) is 5.49. The number of anilines is 2. The molecule has 0 radical (unpaired) electrons. The number of nitrogens with zero attached hydrogens (tertiary/aromatic N) is 3. The maximum atomic E-state index is 13.1. The van der Waals surface area contributed by atoms with Gasteiger partial charge in [0.1, 0.15) is 0 Å². The first-order chi connectivity index (χ1) is 18.5. The second kappa shape index (κ2) is 13.9. The number of urea groups is 1. The van der Waals surface area contributed by atoms with Crippen molar-refractivity contribution in [1.29, 1.82) is 0 Å². The van der Waals surface area contributed by atoms with Crippen molar-refractivity contribution in [2.75, 3.05) is 48.7 Å². The molecule has 0 spiro atoms. The Morgan fingerprint density at radius 1 is 1.13 bits per heavy atom. The predicted octanol–water partition coefficient (Wildman–Crippen LogP) is 7.95. The highest BCUT2D eigenvalue weighted by atomic mass is 35.5. The summed E-state index contributed by atoms with van der Waals surface area (Å²) in [6, 6.07) is 16.2. The van der Waals surface area contributed by atoms with Gasteiger partial charge in [0.05, 0.1) is 0 Å². The molecule has 202 valence electrons. The predicted molar refractivity (Wildman–Crippen MR) is 164 cm³/mol. The number of allylic oxidation sites excluding steroid dienone is 4. The van der Waals surface area contributed by atoms with E-state index >= 15 is 0 Å². The Balaban J connectivity index is 1.25. The number of amides is 2. The Bertz CT molecular complexity index is 1150. The lowest BCUT2D eigenvalue weighted by molar-refractivity contribution is 0.230. The van der Waals surface area contributed by atoms with Crippen molar-refractivity contribution in [1.82, 2.24) is 9.21 Å². The fraction of sp³-hybridized carbons (Fsp3) is 0.387. The number of hydrogen-bond donors (Lipinski definition) is 1. The fourth-order valence-electron chi connectivity index (χ4n) is 4.87. The molecule has 0 bridgehead atoms. The molecule has 0 aromatic heterocycles. The van der Waals surface area contributed by atoms with E-state index in [1.807, 2.05) is 53.3 Å². The molecule has 2 saturated heterocycles. The number of nitrogens with one attached hydrogen (secondary N) is 1. The molecule has 38 heavy (non-hydrogen) atoms. The molecule has 5 nitrogen and oxygen atoms in total. The summed E-state index contributed by atoms with van der Waals surface area (Å²) >= 11 is 8.07. The van der Waals surface area contributed by atoms with E-state index in [0.29, 0.717) is 12.5 Å². The number of rotatable bonds is 9. The Labute approximate surface area is 237 Å². The summed E-state index contributed by atoms with van der Waals surface area (Å²) in [4.78, 5) is 17.3. The molecule has 1 N–H and O–H groups in total. The third kappa shape index (κ3) is 7.46. The summed E-state index contributed by atoms with van der Waals surface area (Å²) < 4.78 is 2.46. The van der Waals surface area contributed by atoms with Crippen LogP contribution in [0.4, 0.5) is 16.2 Å². The first-order valence-electron chi connectivity index (χ1n) is 13.6. The molecule has 2 aliphatic heterocycles. The van der Waals surface area contributed by atoms with Gasteiger partial charge in [-0.3, -0.25) is 4.90 Å². The lowest BCUT2D eigenvalue weighted by atomic mass is 9.99. The molecule has 1 unspecified atom stereocenters. The van der Waals surface area contributed by atoms with Crippen LogP contribution in [-0.4, -0.2) is 53.7 Å². The zero-order valence-corrected chi connectivity index (χ0v) is 24.1. The minimum atomic E-state index is -0.0928. The molecule has 2 aromatic carbocycles. The molecular formula is C31H39ClN4OS. The number of hydrogen-bond acceptors (Lipinski definition) is 4. The molecule has 2 fully saturated rings. The number of carbonyl (C=O) groups excluding carboxylic acids is 1. The molecule has 2 aromatic rings. The monoisotopic (exact) mass is 550 g/mol. The Kier molecular flexibility index (Phi) is 10.4. The van der Waals surface area contributed by atoms with Gasteiger partial charge in [0.25, 0.3) is 0 Å². The van der Waals surface area contributed by atoms with Gasteiger partial charge < -0.3 is 10.2 Å². The van der Waals surface area contributed by atoms with Crippen LogP contribution in [0, 0.1) is 0 Å². The minimum Gasteiger partial charge on any atom is -0.369 e. The van der Waals surface area contributed by atoms with Crippen LogP contribution in [0.5, 0.6) is 0 Å². The third-order valence-electron chi connectivity index (χ3n) is 7.28. The van der Waals surface area contributed by atoms with Crippen LogP contribution in [0.15, 0.2) is 84.6 Å². The average molecular weight is 551 g/mol. The zero-order valence-electron chi connectivity index (χ0n) is 22.5.